The summed E-state index contributed by atoms with van der Waals surface area (Å²) in [5.74, 6) is -0.422. The smallest absolute Gasteiger partial charge is 0.124 e. The van der Waals surface area contributed by atoms with Crippen molar-refractivity contribution in [3.63, 3.8) is 0 Å². The standard InChI is InChI=1S/C6H4FO/c7-5-1-3-6(8)4-2-5/h1-3,8H. The van der Waals surface area contributed by atoms with E-state index >= 15 is 0 Å². The minimum atomic E-state index is -0.386. The lowest BCUT2D eigenvalue weighted by Crippen LogP contribution is -1.68. The molecule has 0 aliphatic carbocycles. The quantitative estimate of drug-likeness (QED) is 0.535. The first kappa shape index (κ1) is 5.09. The number of hydrogen-bond donors (Lipinski definition) is 1. The van der Waals surface area contributed by atoms with Crippen LogP contribution in [0.2, 0.25) is 0 Å². The van der Waals surface area contributed by atoms with Gasteiger partial charge in [0.2, 0.25) is 0 Å². The molecule has 1 radical (unpaired) electrons. The lowest BCUT2D eigenvalue weighted by atomic mass is 10.3. The van der Waals surface area contributed by atoms with Crippen LogP contribution in [0.25, 0.3) is 0 Å². The van der Waals surface area contributed by atoms with E-state index in [1.165, 1.54) is 12.1 Å². The Balaban J connectivity index is 3.03. The second-order valence-corrected chi connectivity index (χ2v) is 1.39. The summed E-state index contributed by atoms with van der Waals surface area (Å²) in [7, 11) is 0. The second kappa shape index (κ2) is 1.82. The average molecular weight is 111 g/mol. The fourth-order valence-electron chi connectivity index (χ4n) is 0.398. The second-order valence-electron chi connectivity index (χ2n) is 1.39. The fourth-order valence-corrected chi connectivity index (χ4v) is 0.398. The predicted octanol–water partition coefficient (Wildman–Crippen LogP) is 1.33. The molecule has 0 spiro atoms. The van der Waals surface area contributed by atoms with E-state index in [0.29, 0.717) is 0 Å². The van der Waals surface area contributed by atoms with Crippen molar-refractivity contribution in [1.82, 2.24) is 0 Å². The van der Waals surface area contributed by atoms with Crippen molar-refractivity contribution < 1.29 is 9.50 Å². The van der Waals surface area contributed by atoms with Gasteiger partial charge < -0.3 is 5.11 Å². The van der Waals surface area contributed by atoms with Crippen LogP contribution in [0.3, 0.4) is 0 Å². The Kier molecular flexibility index (Phi) is 1.16. The molecule has 0 aromatic heterocycles. The molecule has 0 fully saturated rings. The van der Waals surface area contributed by atoms with E-state index in [-0.39, 0.29) is 11.6 Å². The number of phenols is 1. The van der Waals surface area contributed by atoms with Crippen LogP contribution in [0.1, 0.15) is 0 Å². The summed E-state index contributed by atoms with van der Waals surface area (Å²) in [6, 6.07) is 5.78. The van der Waals surface area contributed by atoms with E-state index in [2.05, 4.69) is 6.07 Å². The van der Waals surface area contributed by atoms with Crippen LogP contribution in [-0.2, 0) is 0 Å². The highest BCUT2D eigenvalue weighted by Gasteiger charge is 1.86. The molecule has 8 heavy (non-hydrogen) atoms. The molecule has 0 saturated heterocycles. The van der Waals surface area contributed by atoms with Gasteiger partial charge in [-0.15, -0.1) is 0 Å². The molecule has 1 rings (SSSR count). The molecule has 0 atom stereocenters. The Bertz CT molecular complexity index is 147. The minimum Gasteiger partial charge on any atom is -0.507 e. The maximum Gasteiger partial charge on any atom is 0.124 e. The molecular formula is C6H4FO. The fraction of sp³-hybridized carbons (Fsp3) is 0. The van der Waals surface area contributed by atoms with E-state index in [1.54, 1.807) is 0 Å². The third-order valence-electron chi connectivity index (χ3n) is 0.758. The van der Waals surface area contributed by atoms with Gasteiger partial charge in [-0.1, -0.05) is 0 Å². The third kappa shape index (κ3) is 0.964. The molecule has 1 aromatic rings. The average Bonchev–Trinajstić information content (AvgIpc) is 1.77. The maximum atomic E-state index is 11.9. The summed E-state index contributed by atoms with van der Waals surface area (Å²) >= 11 is 0. The molecule has 0 heterocycles. The summed E-state index contributed by atoms with van der Waals surface area (Å²) in [6.45, 7) is 0. The molecular weight excluding hydrogens is 107 g/mol. The minimum absolute atomic E-state index is 0.0357. The van der Waals surface area contributed by atoms with Gasteiger partial charge in [0.15, 0.2) is 0 Å². The first-order valence-electron chi connectivity index (χ1n) is 2.15. The van der Waals surface area contributed by atoms with Crippen molar-refractivity contribution in [2.75, 3.05) is 0 Å². The molecule has 1 aromatic carbocycles. The first-order chi connectivity index (χ1) is 3.79. The van der Waals surface area contributed by atoms with E-state index in [9.17, 15) is 4.39 Å². The maximum absolute atomic E-state index is 11.9. The van der Waals surface area contributed by atoms with Gasteiger partial charge in [0.05, 0.1) is 0 Å². The number of phenolic OH excluding ortho intramolecular Hbond substituents is 1. The Hall–Kier alpha value is -1.05. The predicted molar refractivity (Wildman–Crippen MR) is 26.9 cm³/mol. The van der Waals surface area contributed by atoms with Crippen molar-refractivity contribution in [3.05, 3.63) is 30.1 Å². The Morgan fingerprint density at radius 3 is 2.62 bits per heavy atom. The van der Waals surface area contributed by atoms with E-state index in [4.69, 9.17) is 5.11 Å². The zero-order chi connectivity index (χ0) is 5.98. The molecule has 0 saturated carbocycles. The zero-order valence-corrected chi connectivity index (χ0v) is 4.06. The van der Waals surface area contributed by atoms with E-state index in [0.717, 1.165) is 6.07 Å². The SMILES string of the molecule is Oc1[c]cc(F)cc1. The lowest BCUT2D eigenvalue weighted by molar-refractivity contribution is 0.472. The van der Waals surface area contributed by atoms with Crippen molar-refractivity contribution in [2.45, 2.75) is 0 Å². The molecule has 1 N–H and O–H groups in total. The lowest BCUT2D eigenvalue weighted by Gasteiger charge is -1.85. The highest BCUT2D eigenvalue weighted by molar-refractivity contribution is 5.18. The van der Waals surface area contributed by atoms with E-state index in [1.807, 2.05) is 0 Å². The molecule has 0 bridgehead atoms. The van der Waals surface area contributed by atoms with Gasteiger partial charge in [0.25, 0.3) is 0 Å². The molecule has 41 valence electrons. The van der Waals surface area contributed by atoms with Crippen LogP contribution >= 0.6 is 0 Å². The van der Waals surface area contributed by atoms with Crippen LogP contribution in [0, 0.1) is 11.9 Å². The van der Waals surface area contributed by atoms with Crippen molar-refractivity contribution in [1.29, 1.82) is 0 Å². The van der Waals surface area contributed by atoms with Gasteiger partial charge in [-0.3, -0.25) is 0 Å². The van der Waals surface area contributed by atoms with E-state index < -0.39 is 0 Å². The number of benzene rings is 1. The monoisotopic (exact) mass is 111 g/mol. The summed E-state index contributed by atoms with van der Waals surface area (Å²) in [6.07, 6.45) is 0. The number of halogens is 1. The zero-order valence-electron chi connectivity index (χ0n) is 4.06. The number of rotatable bonds is 0. The van der Waals surface area contributed by atoms with Gasteiger partial charge >= 0.3 is 0 Å². The molecule has 2 heteroatoms. The van der Waals surface area contributed by atoms with Crippen molar-refractivity contribution in [3.8, 4) is 5.75 Å². The van der Waals surface area contributed by atoms with Crippen molar-refractivity contribution >= 4 is 0 Å². The third-order valence-corrected chi connectivity index (χ3v) is 0.758. The highest BCUT2D eigenvalue weighted by atomic mass is 19.1. The molecule has 0 aliphatic rings. The van der Waals surface area contributed by atoms with Crippen LogP contribution in [-0.4, -0.2) is 5.11 Å². The first-order valence-corrected chi connectivity index (χ1v) is 2.15. The Morgan fingerprint density at radius 2 is 2.25 bits per heavy atom. The van der Waals surface area contributed by atoms with Crippen LogP contribution < -0.4 is 0 Å². The Labute approximate surface area is 46.4 Å². The van der Waals surface area contributed by atoms with Crippen molar-refractivity contribution in [2.24, 2.45) is 0 Å². The summed E-state index contributed by atoms with van der Waals surface area (Å²) in [4.78, 5) is 0. The molecule has 0 unspecified atom stereocenters. The molecule has 0 amide bonds. The highest BCUT2D eigenvalue weighted by Crippen LogP contribution is 2.05. The normalized spacial score (nSPS) is 9.12. The van der Waals surface area contributed by atoms with Gasteiger partial charge in [0.1, 0.15) is 11.6 Å². The van der Waals surface area contributed by atoms with Gasteiger partial charge in [-0.05, 0) is 18.2 Å². The number of hydrogen-bond acceptors (Lipinski definition) is 1. The number of aromatic hydroxyl groups is 1. The van der Waals surface area contributed by atoms with Crippen LogP contribution in [0.5, 0.6) is 5.75 Å². The van der Waals surface area contributed by atoms with Gasteiger partial charge in [-0.25, -0.2) is 4.39 Å². The van der Waals surface area contributed by atoms with Gasteiger partial charge in [0, 0.05) is 6.07 Å². The largest absolute Gasteiger partial charge is 0.507 e. The topological polar surface area (TPSA) is 20.2 Å². The molecule has 0 aliphatic heterocycles. The summed E-state index contributed by atoms with van der Waals surface area (Å²) in [5, 5.41) is 8.53. The summed E-state index contributed by atoms with van der Waals surface area (Å²) < 4.78 is 11.9. The molecule has 1 nitrogen and oxygen atoms in total. The van der Waals surface area contributed by atoms with Crippen LogP contribution in [0.15, 0.2) is 18.2 Å². The van der Waals surface area contributed by atoms with Crippen LogP contribution in [0.4, 0.5) is 4.39 Å². The summed E-state index contributed by atoms with van der Waals surface area (Å²) in [5.41, 5.74) is 0. The van der Waals surface area contributed by atoms with Gasteiger partial charge in [-0.2, -0.15) is 0 Å². The Morgan fingerprint density at radius 1 is 1.50 bits per heavy atom.